The fraction of sp³-hybridized carbons (Fsp3) is 0.345. The number of ether oxygens (including phenoxy) is 5. The zero-order valence-electron chi connectivity index (χ0n) is 20.2. The molecule has 1 saturated heterocycles. The maximum Gasteiger partial charge on any atom is 0.303 e. The predicted molar refractivity (Wildman–Crippen MR) is 136 cm³/mol. The van der Waals surface area contributed by atoms with Gasteiger partial charge in [0.25, 0.3) is 0 Å². The molecular formula is C29H31ClO6. The number of rotatable bonds is 11. The summed E-state index contributed by atoms with van der Waals surface area (Å²) in [6, 6.07) is 29.5. The van der Waals surface area contributed by atoms with Gasteiger partial charge in [-0.1, -0.05) is 103 Å². The van der Waals surface area contributed by atoms with E-state index in [4.69, 9.17) is 35.3 Å². The lowest BCUT2D eigenvalue weighted by molar-refractivity contribution is -0.250. The summed E-state index contributed by atoms with van der Waals surface area (Å²) in [5.74, 6) is -0.469. The Hall–Kier alpha value is -2.74. The molecule has 36 heavy (non-hydrogen) atoms. The average molecular weight is 511 g/mol. The smallest absolute Gasteiger partial charge is 0.303 e. The number of hydrogen-bond donors (Lipinski definition) is 0. The molecule has 0 aliphatic carbocycles. The van der Waals surface area contributed by atoms with Gasteiger partial charge in [0.15, 0.2) is 11.7 Å². The van der Waals surface area contributed by atoms with E-state index in [1.165, 1.54) is 6.92 Å². The first-order chi connectivity index (χ1) is 17.6. The molecule has 0 saturated carbocycles. The Morgan fingerprint density at radius 2 is 1.19 bits per heavy atom. The first kappa shape index (κ1) is 26.3. The fourth-order valence-electron chi connectivity index (χ4n) is 4.11. The minimum atomic E-state index is -0.920. The lowest BCUT2D eigenvalue weighted by Crippen LogP contribution is -2.60. The van der Waals surface area contributed by atoms with Crippen LogP contribution in [-0.2, 0) is 48.3 Å². The molecular weight excluding hydrogens is 480 g/mol. The van der Waals surface area contributed by atoms with Crippen LogP contribution in [0.25, 0.3) is 0 Å². The fourth-order valence-corrected chi connectivity index (χ4v) is 4.44. The lowest BCUT2D eigenvalue weighted by atomic mass is 9.99. The van der Waals surface area contributed by atoms with E-state index in [2.05, 4.69) is 0 Å². The van der Waals surface area contributed by atoms with Crippen molar-refractivity contribution in [1.29, 1.82) is 0 Å². The van der Waals surface area contributed by atoms with Crippen LogP contribution in [0, 0.1) is 0 Å². The maximum absolute atomic E-state index is 11.9. The van der Waals surface area contributed by atoms with Gasteiger partial charge in [0.05, 0.1) is 26.4 Å². The Kier molecular flexibility index (Phi) is 9.90. The minimum Gasteiger partial charge on any atom is -0.456 e. The standard InChI is InChI=1S/C29H31ClO6/c1-21(31)35-28-27(34-19-24-15-9-4-10-16-24)26(33-18-23-13-7-3-8-14-23)25(36-29(28)30)20-32-17-22-11-5-2-6-12-22/h2-16,25-29H,17-20H2,1H3/t25?,26-,27-,28?,29+/m1/s1. The molecule has 0 N–H and O–H groups in total. The van der Waals surface area contributed by atoms with E-state index in [1.54, 1.807) is 0 Å². The van der Waals surface area contributed by atoms with Crippen molar-refractivity contribution >= 4 is 17.6 Å². The molecule has 1 aliphatic rings. The number of hydrogen-bond acceptors (Lipinski definition) is 6. The largest absolute Gasteiger partial charge is 0.456 e. The van der Waals surface area contributed by atoms with Crippen LogP contribution in [0.3, 0.4) is 0 Å². The van der Waals surface area contributed by atoms with Gasteiger partial charge in [-0.3, -0.25) is 4.79 Å². The molecule has 0 spiro atoms. The second-order valence-electron chi connectivity index (χ2n) is 8.62. The highest BCUT2D eigenvalue weighted by molar-refractivity contribution is 6.20. The third-order valence-corrected chi connectivity index (χ3v) is 6.19. The highest BCUT2D eigenvalue weighted by atomic mass is 35.5. The first-order valence-corrected chi connectivity index (χ1v) is 12.4. The van der Waals surface area contributed by atoms with Crippen LogP contribution >= 0.6 is 11.6 Å². The van der Waals surface area contributed by atoms with Crippen molar-refractivity contribution < 1.29 is 28.5 Å². The second-order valence-corrected chi connectivity index (χ2v) is 9.05. The summed E-state index contributed by atoms with van der Waals surface area (Å²) in [6.07, 6.45) is -2.64. The predicted octanol–water partition coefficient (Wildman–Crippen LogP) is 5.27. The van der Waals surface area contributed by atoms with Gasteiger partial charge in [-0.15, -0.1) is 0 Å². The zero-order chi connectivity index (χ0) is 25.2. The van der Waals surface area contributed by atoms with Crippen molar-refractivity contribution in [3.63, 3.8) is 0 Å². The number of carbonyl (C=O) groups is 1. The molecule has 1 aliphatic heterocycles. The van der Waals surface area contributed by atoms with Crippen LogP contribution in [0.15, 0.2) is 91.0 Å². The van der Waals surface area contributed by atoms with E-state index < -0.39 is 35.9 Å². The molecule has 1 fully saturated rings. The monoisotopic (exact) mass is 510 g/mol. The van der Waals surface area contributed by atoms with Crippen LogP contribution in [0.2, 0.25) is 0 Å². The van der Waals surface area contributed by atoms with Crippen LogP contribution in [0.4, 0.5) is 0 Å². The Bertz CT molecular complexity index is 1050. The SMILES string of the molecule is CC(=O)OC1[C@@H](Cl)OC(COCc2ccccc2)[C@@H](OCc2ccccc2)[C@H]1OCc1ccccc1. The highest BCUT2D eigenvalue weighted by Gasteiger charge is 2.49. The molecule has 0 amide bonds. The van der Waals surface area contributed by atoms with Gasteiger partial charge in [-0.05, 0) is 16.7 Å². The molecule has 0 bridgehead atoms. The Morgan fingerprint density at radius 1 is 0.722 bits per heavy atom. The number of carbonyl (C=O) groups excluding carboxylic acids is 1. The number of esters is 1. The van der Waals surface area contributed by atoms with Crippen LogP contribution in [-0.4, -0.2) is 42.6 Å². The molecule has 3 aromatic rings. The van der Waals surface area contributed by atoms with Gasteiger partial charge in [0.2, 0.25) is 0 Å². The topological polar surface area (TPSA) is 63.2 Å². The van der Waals surface area contributed by atoms with Crippen molar-refractivity contribution in [3.8, 4) is 0 Å². The molecule has 5 atom stereocenters. The molecule has 4 rings (SSSR count). The third-order valence-electron chi connectivity index (χ3n) is 5.84. The van der Waals surface area contributed by atoms with Gasteiger partial charge >= 0.3 is 5.97 Å². The molecule has 190 valence electrons. The van der Waals surface area contributed by atoms with E-state index in [-0.39, 0.29) is 6.61 Å². The van der Waals surface area contributed by atoms with Crippen molar-refractivity contribution in [2.24, 2.45) is 0 Å². The second kappa shape index (κ2) is 13.5. The van der Waals surface area contributed by atoms with Gasteiger partial charge < -0.3 is 23.7 Å². The van der Waals surface area contributed by atoms with Crippen LogP contribution in [0.1, 0.15) is 23.6 Å². The van der Waals surface area contributed by atoms with Crippen LogP contribution < -0.4 is 0 Å². The molecule has 2 unspecified atom stereocenters. The van der Waals surface area contributed by atoms with Crippen LogP contribution in [0.5, 0.6) is 0 Å². The molecule has 0 aromatic heterocycles. The summed E-state index contributed by atoms with van der Waals surface area (Å²) in [7, 11) is 0. The third kappa shape index (κ3) is 7.63. The van der Waals surface area contributed by atoms with Crippen molar-refractivity contribution in [1.82, 2.24) is 0 Å². The van der Waals surface area contributed by atoms with E-state index in [0.717, 1.165) is 16.7 Å². The van der Waals surface area contributed by atoms with Crippen molar-refractivity contribution in [3.05, 3.63) is 108 Å². The molecule has 7 heteroatoms. The summed E-state index contributed by atoms with van der Waals surface area (Å²) in [5.41, 5.74) is 2.11. The lowest BCUT2D eigenvalue weighted by Gasteiger charge is -2.43. The van der Waals surface area contributed by atoms with Gasteiger partial charge in [0, 0.05) is 6.92 Å². The number of alkyl halides is 1. The zero-order valence-corrected chi connectivity index (χ0v) is 21.0. The summed E-state index contributed by atoms with van der Waals surface area (Å²) in [6.45, 7) is 2.62. The Morgan fingerprint density at radius 3 is 1.69 bits per heavy atom. The van der Waals surface area contributed by atoms with Crippen molar-refractivity contribution in [2.45, 2.75) is 56.7 Å². The molecule has 1 heterocycles. The highest BCUT2D eigenvalue weighted by Crippen LogP contribution is 2.32. The Balaban J connectivity index is 1.53. The quantitative estimate of drug-likeness (QED) is 0.259. The number of halogens is 1. The molecule has 3 aromatic carbocycles. The maximum atomic E-state index is 11.9. The minimum absolute atomic E-state index is 0.232. The summed E-state index contributed by atoms with van der Waals surface area (Å²) in [4.78, 5) is 11.9. The van der Waals surface area contributed by atoms with Crippen molar-refractivity contribution in [2.75, 3.05) is 6.61 Å². The van der Waals surface area contributed by atoms with E-state index >= 15 is 0 Å². The van der Waals surface area contributed by atoms with E-state index in [1.807, 2.05) is 91.0 Å². The van der Waals surface area contributed by atoms with E-state index in [9.17, 15) is 4.79 Å². The van der Waals surface area contributed by atoms with Gasteiger partial charge in [0.1, 0.15) is 18.3 Å². The number of benzene rings is 3. The normalized spacial score (nSPS) is 23.8. The summed E-state index contributed by atoms with van der Waals surface area (Å²) >= 11 is 6.59. The molecule has 6 nitrogen and oxygen atoms in total. The first-order valence-electron chi connectivity index (χ1n) is 12.0. The van der Waals surface area contributed by atoms with Gasteiger partial charge in [-0.25, -0.2) is 0 Å². The molecule has 0 radical (unpaired) electrons. The van der Waals surface area contributed by atoms with E-state index in [0.29, 0.717) is 19.8 Å². The van der Waals surface area contributed by atoms with Gasteiger partial charge in [-0.2, -0.15) is 0 Å². The summed E-state index contributed by atoms with van der Waals surface area (Å²) in [5, 5.41) is 0. The summed E-state index contributed by atoms with van der Waals surface area (Å²) < 4.78 is 30.3. The average Bonchev–Trinajstić information content (AvgIpc) is 2.90. The Labute approximate surface area is 217 Å².